The number of nitrogens with one attached hydrogen (secondary N) is 2. The van der Waals surface area contributed by atoms with Gasteiger partial charge in [0.2, 0.25) is 0 Å². The summed E-state index contributed by atoms with van der Waals surface area (Å²) in [5, 5.41) is 6.37. The predicted molar refractivity (Wildman–Crippen MR) is 117 cm³/mol. The maximum absolute atomic E-state index is 12.7. The first kappa shape index (κ1) is 18.6. The lowest BCUT2D eigenvalue weighted by molar-refractivity contribution is 0.0997. The van der Waals surface area contributed by atoms with Crippen molar-refractivity contribution in [3.63, 3.8) is 0 Å². The van der Waals surface area contributed by atoms with E-state index in [0.29, 0.717) is 11.4 Å². The first-order chi connectivity index (χ1) is 14.2. The van der Waals surface area contributed by atoms with Crippen molar-refractivity contribution in [1.29, 1.82) is 0 Å². The molecule has 2 N–H and O–H groups in total. The van der Waals surface area contributed by atoms with E-state index in [1.54, 1.807) is 0 Å². The lowest BCUT2D eigenvalue weighted by Crippen LogP contribution is -2.12. The van der Waals surface area contributed by atoms with E-state index in [1.807, 2.05) is 78.9 Å². The van der Waals surface area contributed by atoms with Crippen molar-refractivity contribution in [1.82, 2.24) is 0 Å². The summed E-state index contributed by atoms with van der Waals surface area (Å²) in [6.45, 7) is 2.12. The van der Waals surface area contributed by atoms with E-state index in [2.05, 4.69) is 29.7 Å². The molecule has 0 aliphatic heterocycles. The normalized spacial score (nSPS) is 11.6. The average Bonchev–Trinajstić information content (AvgIpc) is 3.26. The Morgan fingerprint density at radius 3 is 2.10 bits per heavy atom. The fourth-order valence-corrected chi connectivity index (χ4v) is 3.24. The van der Waals surface area contributed by atoms with E-state index in [4.69, 9.17) is 4.42 Å². The van der Waals surface area contributed by atoms with Crippen molar-refractivity contribution in [2.24, 2.45) is 0 Å². The minimum atomic E-state index is -0.271. The number of anilines is 2. The van der Waals surface area contributed by atoms with Crippen LogP contribution in [0.3, 0.4) is 0 Å². The molecule has 4 heteroatoms. The summed E-state index contributed by atoms with van der Waals surface area (Å²) in [7, 11) is 0. The summed E-state index contributed by atoms with van der Waals surface area (Å²) in [5.41, 5.74) is 4.64. The number of carbonyl (C=O) groups excluding carboxylic acids is 1. The highest BCUT2D eigenvalue weighted by molar-refractivity contribution is 6.06. The molecule has 1 aromatic heterocycles. The summed E-state index contributed by atoms with van der Waals surface area (Å²) in [5.74, 6) is 0.0308. The maximum Gasteiger partial charge on any atom is 0.292 e. The number of carbonyl (C=O) groups is 1. The monoisotopic (exact) mass is 382 g/mol. The third-order valence-corrected chi connectivity index (χ3v) is 4.78. The van der Waals surface area contributed by atoms with Crippen LogP contribution in [0.15, 0.2) is 102 Å². The molecule has 0 radical (unpaired) electrons. The van der Waals surface area contributed by atoms with Crippen molar-refractivity contribution >= 4 is 17.3 Å². The van der Waals surface area contributed by atoms with E-state index < -0.39 is 0 Å². The fourth-order valence-electron chi connectivity index (χ4n) is 3.24. The van der Waals surface area contributed by atoms with Crippen LogP contribution in [0, 0.1) is 0 Å². The minimum absolute atomic E-state index is 0.188. The van der Waals surface area contributed by atoms with Gasteiger partial charge in [-0.1, -0.05) is 60.7 Å². The Morgan fingerprint density at radius 2 is 1.41 bits per heavy atom. The molecular weight excluding hydrogens is 360 g/mol. The molecule has 1 unspecified atom stereocenters. The Morgan fingerprint density at radius 1 is 0.793 bits per heavy atom. The van der Waals surface area contributed by atoms with Gasteiger partial charge in [0, 0.05) is 23.0 Å². The summed E-state index contributed by atoms with van der Waals surface area (Å²) in [4.78, 5) is 12.7. The molecule has 0 aliphatic carbocycles. The SMILES string of the molecule is CC(Nc1ccc(NC(=O)c2occc2-c2ccccc2)cc1)c1ccccc1. The summed E-state index contributed by atoms with van der Waals surface area (Å²) in [6.07, 6.45) is 1.54. The second kappa shape index (κ2) is 8.48. The van der Waals surface area contributed by atoms with Crippen LogP contribution < -0.4 is 10.6 Å². The molecule has 4 aromatic rings. The van der Waals surface area contributed by atoms with Crippen molar-refractivity contribution in [2.75, 3.05) is 10.6 Å². The fraction of sp³-hybridized carbons (Fsp3) is 0.0800. The molecule has 0 saturated heterocycles. The van der Waals surface area contributed by atoms with Gasteiger partial charge in [-0.2, -0.15) is 0 Å². The lowest BCUT2D eigenvalue weighted by Gasteiger charge is -2.16. The smallest absolute Gasteiger partial charge is 0.292 e. The second-order valence-electron chi connectivity index (χ2n) is 6.84. The molecular formula is C25H22N2O2. The topological polar surface area (TPSA) is 54.3 Å². The molecule has 29 heavy (non-hydrogen) atoms. The average molecular weight is 382 g/mol. The molecule has 0 spiro atoms. The Bertz CT molecular complexity index is 1070. The molecule has 0 aliphatic rings. The Labute approximate surface area is 170 Å². The standard InChI is InChI=1S/C25H22N2O2/c1-18(19-8-4-2-5-9-19)26-21-12-14-22(15-13-21)27-25(28)24-23(16-17-29-24)20-10-6-3-7-11-20/h2-18,26H,1H3,(H,27,28). The van der Waals surface area contributed by atoms with E-state index in [1.165, 1.54) is 11.8 Å². The number of amides is 1. The number of rotatable bonds is 6. The third kappa shape index (κ3) is 4.38. The molecule has 1 amide bonds. The summed E-state index contributed by atoms with van der Waals surface area (Å²) >= 11 is 0. The van der Waals surface area contributed by atoms with Gasteiger partial charge in [-0.3, -0.25) is 4.79 Å². The van der Waals surface area contributed by atoms with Crippen LogP contribution in [0.2, 0.25) is 0 Å². The highest BCUT2D eigenvalue weighted by atomic mass is 16.3. The molecule has 144 valence electrons. The van der Waals surface area contributed by atoms with Crippen LogP contribution in [-0.4, -0.2) is 5.91 Å². The van der Waals surface area contributed by atoms with Gasteiger partial charge in [-0.25, -0.2) is 0 Å². The van der Waals surface area contributed by atoms with Crippen LogP contribution in [0.5, 0.6) is 0 Å². The summed E-state index contributed by atoms with van der Waals surface area (Å²) < 4.78 is 5.45. The molecule has 4 rings (SSSR count). The zero-order valence-electron chi connectivity index (χ0n) is 16.1. The van der Waals surface area contributed by atoms with E-state index >= 15 is 0 Å². The summed E-state index contributed by atoms with van der Waals surface area (Å²) in [6, 6.07) is 29.7. The number of hydrogen-bond acceptors (Lipinski definition) is 3. The largest absolute Gasteiger partial charge is 0.459 e. The minimum Gasteiger partial charge on any atom is -0.459 e. The molecule has 0 fully saturated rings. The van der Waals surface area contributed by atoms with E-state index in [-0.39, 0.29) is 11.9 Å². The van der Waals surface area contributed by atoms with Gasteiger partial charge in [-0.15, -0.1) is 0 Å². The van der Waals surface area contributed by atoms with Gasteiger partial charge < -0.3 is 15.1 Å². The van der Waals surface area contributed by atoms with Crippen molar-refractivity contribution < 1.29 is 9.21 Å². The number of benzene rings is 3. The van der Waals surface area contributed by atoms with Gasteiger partial charge in [-0.05, 0) is 48.4 Å². The van der Waals surface area contributed by atoms with Gasteiger partial charge in [0.15, 0.2) is 5.76 Å². The molecule has 4 nitrogen and oxygen atoms in total. The van der Waals surface area contributed by atoms with Crippen molar-refractivity contribution in [2.45, 2.75) is 13.0 Å². The maximum atomic E-state index is 12.7. The third-order valence-electron chi connectivity index (χ3n) is 4.78. The predicted octanol–water partition coefficient (Wildman–Crippen LogP) is 6.37. The number of furan rings is 1. The van der Waals surface area contributed by atoms with Crippen LogP contribution in [0.25, 0.3) is 11.1 Å². The van der Waals surface area contributed by atoms with Crippen molar-refractivity contribution in [3.8, 4) is 11.1 Å². The quantitative estimate of drug-likeness (QED) is 0.407. The second-order valence-corrected chi connectivity index (χ2v) is 6.84. The zero-order chi connectivity index (χ0) is 20.1. The Kier molecular flexibility index (Phi) is 5.43. The zero-order valence-corrected chi connectivity index (χ0v) is 16.1. The molecule has 1 atom stereocenters. The molecule has 3 aromatic carbocycles. The Hall–Kier alpha value is -3.79. The molecule has 1 heterocycles. The van der Waals surface area contributed by atoms with Gasteiger partial charge in [0.1, 0.15) is 0 Å². The first-order valence-corrected chi connectivity index (χ1v) is 9.56. The highest BCUT2D eigenvalue weighted by Crippen LogP contribution is 2.26. The van der Waals surface area contributed by atoms with E-state index in [9.17, 15) is 4.79 Å². The molecule has 0 saturated carbocycles. The van der Waals surface area contributed by atoms with Gasteiger partial charge in [0.25, 0.3) is 5.91 Å². The van der Waals surface area contributed by atoms with Crippen molar-refractivity contribution in [3.05, 3.63) is 109 Å². The van der Waals surface area contributed by atoms with Crippen LogP contribution in [0.1, 0.15) is 29.1 Å². The first-order valence-electron chi connectivity index (χ1n) is 9.56. The van der Waals surface area contributed by atoms with Crippen LogP contribution >= 0.6 is 0 Å². The van der Waals surface area contributed by atoms with Gasteiger partial charge in [0.05, 0.1) is 6.26 Å². The van der Waals surface area contributed by atoms with Crippen LogP contribution in [0.4, 0.5) is 11.4 Å². The highest BCUT2D eigenvalue weighted by Gasteiger charge is 2.17. The van der Waals surface area contributed by atoms with Crippen LogP contribution in [-0.2, 0) is 0 Å². The number of hydrogen-bond donors (Lipinski definition) is 2. The Balaban J connectivity index is 1.43. The lowest BCUT2D eigenvalue weighted by atomic mass is 10.1. The van der Waals surface area contributed by atoms with E-state index in [0.717, 1.165) is 16.8 Å². The molecule has 0 bridgehead atoms. The van der Waals surface area contributed by atoms with Gasteiger partial charge >= 0.3 is 0 Å².